The van der Waals surface area contributed by atoms with Gasteiger partial charge >= 0.3 is 0 Å². The molecule has 4 aromatic rings. The van der Waals surface area contributed by atoms with E-state index in [-0.39, 0.29) is 11.0 Å². The smallest absolute Gasteiger partial charge is 0.259 e. The highest BCUT2D eigenvalue weighted by Gasteiger charge is 2.44. The molecule has 35 heavy (non-hydrogen) atoms. The molecule has 1 heterocycles. The van der Waals surface area contributed by atoms with Crippen molar-refractivity contribution in [2.45, 2.75) is 44.1 Å². The highest BCUT2D eigenvalue weighted by Crippen LogP contribution is 2.49. The summed E-state index contributed by atoms with van der Waals surface area (Å²) in [5.41, 5.74) is 9.13. The SMILES string of the molecule is O=c1c2c(nc(N/N=C\c3ccccc3)n1Cc1ccccc1)-c1ccccc1CC21CCCC1. The number of benzene rings is 3. The van der Waals surface area contributed by atoms with Crippen LogP contribution < -0.4 is 11.0 Å². The minimum absolute atomic E-state index is 0.0488. The van der Waals surface area contributed by atoms with E-state index in [0.717, 1.165) is 60.1 Å². The fraction of sp³-hybridized carbons (Fsp3) is 0.233. The van der Waals surface area contributed by atoms with Gasteiger partial charge in [0.2, 0.25) is 5.95 Å². The molecule has 174 valence electrons. The number of rotatable bonds is 5. The Morgan fingerprint density at radius 1 is 0.914 bits per heavy atom. The standard InChI is InChI=1S/C30H28N4O/c35-28-26-27(25-16-8-7-15-24(25)19-30(26)17-9-10-18-30)32-29(33-31-20-22-11-3-1-4-12-22)34(28)21-23-13-5-2-6-14-23/h1-8,11-16,20H,9-10,17-19,21H2,(H,32,33)/b31-20-. The maximum Gasteiger partial charge on any atom is 0.259 e. The molecule has 5 heteroatoms. The van der Waals surface area contributed by atoms with Crippen LogP contribution in [0.2, 0.25) is 0 Å². The minimum Gasteiger partial charge on any atom is -0.273 e. The highest BCUT2D eigenvalue weighted by atomic mass is 16.1. The van der Waals surface area contributed by atoms with Gasteiger partial charge in [-0.05, 0) is 36.0 Å². The van der Waals surface area contributed by atoms with Crippen molar-refractivity contribution >= 4 is 12.2 Å². The van der Waals surface area contributed by atoms with Crippen LogP contribution in [0.1, 0.15) is 47.9 Å². The third-order valence-electron chi connectivity index (χ3n) is 7.42. The Balaban J connectivity index is 1.52. The zero-order valence-electron chi connectivity index (χ0n) is 19.7. The molecule has 1 fully saturated rings. The number of nitrogens with one attached hydrogen (secondary N) is 1. The summed E-state index contributed by atoms with van der Waals surface area (Å²) in [5.74, 6) is 0.467. The lowest BCUT2D eigenvalue weighted by atomic mass is 9.68. The van der Waals surface area contributed by atoms with Crippen LogP contribution >= 0.6 is 0 Å². The molecule has 3 aromatic carbocycles. The maximum absolute atomic E-state index is 14.3. The van der Waals surface area contributed by atoms with Gasteiger partial charge in [0.15, 0.2) is 0 Å². The predicted octanol–water partition coefficient (Wildman–Crippen LogP) is 5.77. The van der Waals surface area contributed by atoms with Crippen LogP contribution in [-0.4, -0.2) is 15.8 Å². The number of hydrazone groups is 1. The first-order valence-electron chi connectivity index (χ1n) is 12.4. The second-order valence-electron chi connectivity index (χ2n) is 9.64. The Labute approximate surface area is 205 Å². The third-order valence-corrected chi connectivity index (χ3v) is 7.42. The van der Waals surface area contributed by atoms with Gasteiger partial charge in [-0.3, -0.25) is 9.36 Å². The lowest BCUT2D eigenvalue weighted by molar-refractivity contribution is 0.422. The van der Waals surface area contributed by atoms with Gasteiger partial charge in [-0.15, -0.1) is 0 Å². The van der Waals surface area contributed by atoms with E-state index >= 15 is 0 Å². The monoisotopic (exact) mass is 460 g/mol. The number of fused-ring (bicyclic) bond motifs is 4. The second kappa shape index (κ2) is 8.99. The quantitative estimate of drug-likeness (QED) is 0.304. The first kappa shape index (κ1) is 21.5. The van der Waals surface area contributed by atoms with Crippen molar-refractivity contribution in [2.24, 2.45) is 5.10 Å². The van der Waals surface area contributed by atoms with E-state index in [4.69, 9.17) is 4.98 Å². The van der Waals surface area contributed by atoms with Crippen molar-refractivity contribution in [1.29, 1.82) is 0 Å². The zero-order chi connectivity index (χ0) is 23.7. The largest absolute Gasteiger partial charge is 0.273 e. The van der Waals surface area contributed by atoms with E-state index < -0.39 is 0 Å². The van der Waals surface area contributed by atoms with Gasteiger partial charge in [-0.25, -0.2) is 10.4 Å². The fourth-order valence-electron chi connectivity index (χ4n) is 5.77. The van der Waals surface area contributed by atoms with Crippen molar-refractivity contribution in [3.63, 3.8) is 0 Å². The molecular weight excluding hydrogens is 432 g/mol. The molecule has 1 spiro atoms. The Morgan fingerprint density at radius 3 is 2.37 bits per heavy atom. The minimum atomic E-state index is -0.127. The molecule has 5 nitrogen and oxygen atoms in total. The summed E-state index contributed by atoms with van der Waals surface area (Å²) in [6.07, 6.45) is 7.05. The molecule has 2 aliphatic carbocycles. The molecule has 0 radical (unpaired) electrons. The zero-order valence-corrected chi connectivity index (χ0v) is 19.7. The van der Waals surface area contributed by atoms with Crippen LogP contribution in [0.5, 0.6) is 0 Å². The van der Waals surface area contributed by atoms with Gasteiger partial charge in [0.1, 0.15) is 0 Å². The molecule has 0 bridgehead atoms. The van der Waals surface area contributed by atoms with Crippen LogP contribution in [0, 0.1) is 0 Å². The Morgan fingerprint density at radius 2 is 1.60 bits per heavy atom. The van der Waals surface area contributed by atoms with Crippen LogP contribution in [-0.2, 0) is 18.4 Å². The predicted molar refractivity (Wildman–Crippen MR) is 141 cm³/mol. The Hall–Kier alpha value is -3.99. The lowest BCUT2D eigenvalue weighted by Crippen LogP contribution is -2.40. The first-order valence-corrected chi connectivity index (χ1v) is 12.4. The van der Waals surface area contributed by atoms with Gasteiger partial charge < -0.3 is 0 Å². The molecule has 1 aromatic heterocycles. The van der Waals surface area contributed by atoms with Gasteiger partial charge in [0, 0.05) is 11.0 Å². The number of nitrogens with zero attached hydrogens (tertiary/aromatic N) is 3. The van der Waals surface area contributed by atoms with E-state index in [9.17, 15) is 4.79 Å². The summed E-state index contributed by atoms with van der Waals surface area (Å²) >= 11 is 0. The summed E-state index contributed by atoms with van der Waals surface area (Å²) in [7, 11) is 0. The average Bonchev–Trinajstić information content (AvgIpc) is 3.35. The molecule has 0 atom stereocenters. The van der Waals surface area contributed by atoms with Crippen molar-refractivity contribution in [3.05, 3.63) is 118 Å². The Kier molecular flexibility index (Phi) is 5.53. The number of hydrogen-bond donors (Lipinski definition) is 1. The molecular formula is C30H28N4O. The van der Waals surface area contributed by atoms with Crippen LogP contribution in [0.3, 0.4) is 0 Å². The summed E-state index contributed by atoms with van der Waals surface area (Å²) in [6, 6.07) is 28.4. The van der Waals surface area contributed by atoms with E-state index in [0.29, 0.717) is 12.5 Å². The topological polar surface area (TPSA) is 59.3 Å². The van der Waals surface area contributed by atoms with Gasteiger partial charge in [0.25, 0.3) is 5.56 Å². The van der Waals surface area contributed by atoms with Crippen molar-refractivity contribution < 1.29 is 0 Å². The number of aromatic nitrogens is 2. The molecule has 0 unspecified atom stereocenters. The molecule has 0 saturated heterocycles. The van der Waals surface area contributed by atoms with E-state index in [1.807, 2.05) is 66.7 Å². The molecule has 2 aliphatic rings. The van der Waals surface area contributed by atoms with Crippen LogP contribution in [0.4, 0.5) is 5.95 Å². The van der Waals surface area contributed by atoms with Crippen LogP contribution in [0.15, 0.2) is 94.8 Å². The van der Waals surface area contributed by atoms with Gasteiger partial charge in [-0.2, -0.15) is 5.10 Å². The van der Waals surface area contributed by atoms with Crippen molar-refractivity contribution in [3.8, 4) is 11.3 Å². The molecule has 0 aliphatic heterocycles. The first-order chi connectivity index (χ1) is 17.2. The van der Waals surface area contributed by atoms with Crippen molar-refractivity contribution in [2.75, 3.05) is 5.43 Å². The number of hydrogen-bond acceptors (Lipinski definition) is 4. The van der Waals surface area contributed by atoms with E-state index in [2.05, 4.69) is 28.7 Å². The Bertz CT molecular complexity index is 1430. The van der Waals surface area contributed by atoms with Crippen LogP contribution in [0.25, 0.3) is 11.3 Å². The summed E-state index contributed by atoms with van der Waals surface area (Å²) in [4.78, 5) is 19.4. The van der Waals surface area contributed by atoms with Gasteiger partial charge in [0.05, 0.1) is 24.0 Å². The lowest BCUT2D eigenvalue weighted by Gasteiger charge is -2.36. The van der Waals surface area contributed by atoms with Crippen molar-refractivity contribution in [1.82, 2.24) is 9.55 Å². The third kappa shape index (κ3) is 3.97. The van der Waals surface area contributed by atoms with E-state index in [1.165, 1.54) is 5.56 Å². The second-order valence-corrected chi connectivity index (χ2v) is 9.64. The fourth-order valence-corrected chi connectivity index (χ4v) is 5.77. The van der Waals surface area contributed by atoms with E-state index in [1.54, 1.807) is 10.8 Å². The maximum atomic E-state index is 14.3. The molecule has 1 N–H and O–H groups in total. The normalized spacial score (nSPS) is 15.8. The summed E-state index contributed by atoms with van der Waals surface area (Å²) in [6.45, 7) is 0.445. The average molecular weight is 461 g/mol. The van der Waals surface area contributed by atoms with Gasteiger partial charge in [-0.1, -0.05) is 97.8 Å². The highest BCUT2D eigenvalue weighted by molar-refractivity contribution is 5.80. The summed E-state index contributed by atoms with van der Waals surface area (Å²) < 4.78 is 1.77. The molecule has 6 rings (SSSR count). The number of anilines is 1. The summed E-state index contributed by atoms with van der Waals surface area (Å²) in [5, 5.41) is 4.45. The molecule has 1 saturated carbocycles. The molecule has 0 amide bonds.